The van der Waals surface area contributed by atoms with Crippen molar-refractivity contribution in [1.82, 2.24) is 0 Å². The van der Waals surface area contributed by atoms with Gasteiger partial charge in [-0.15, -0.1) is 0 Å². The van der Waals surface area contributed by atoms with Crippen LogP contribution in [-0.2, 0) is 43.5 Å². The Labute approximate surface area is 184 Å². The van der Waals surface area contributed by atoms with Crippen molar-refractivity contribution in [3.8, 4) is 0 Å². The van der Waals surface area contributed by atoms with Crippen LogP contribution in [-0.4, -0.2) is 43.7 Å². The average Bonchev–Trinajstić information content (AvgIpc) is 3.00. The second kappa shape index (κ2) is 9.13. The molecule has 0 aromatic heterocycles. The van der Waals surface area contributed by atoms with Gasteiger partial charge in [-0.2, -0.15) is 0 Å². The summed E-state index contributed by atoms with van der Waals surface area (Å²) in [6.45, 7) is 4.86. The van der Waals surface area contributed by atoms with Gasteiger partial charge in [0, 0.05) is 11.3 Å². The molecule has 3 N–H and O–H groups in total. The van der Waals surface area contributed by atoms with Gasteiger partial charge in [-0.1, -0.05) is 18.2 Å². The van der Waals surface area contributed by atoms with Gasteiger partial charge in [-0.05, 0) is 26.8 Å². The summed E-state index contributed by atoms with van der Waals surface area (Å²) < 4.78 is 20.7. The minimum Gasteiger partial charge on any atom is -0.466 e. The van der Waals surface area contributed by atoms with Crippen LogP contribution in [0.15, 0.2) is 47.0 Å². The van der Waals surface area contributed by atoms with Crippen LogP contribution in [0, 0.1) is 0 Å². The van der Waals surface area contributed by atoms with Crippen LogP contribution in [0.25, 0.3) is 0 Å². The number of esters is 4. The Hall–Kier alpha value is -3.82. The number of carbonyl (C=O) groups excluding carboxylic acids is 4. The maximum atomic E-state index is 13.5. The van der Waals surface area contributed by atoms with E-state index in [-0.39, 0.29) is 48.1 Å². The Morgan fingerprint density at radius 1 is 0.969 bits per heavy atom. The predicted octanol–water partition coefficient (Wildman–Crippen LogP) is 1.41. The predicted molar refractivity (Wildman–Crippen MR) is 111 cm³/mol. The molecule has 170 valence electrons. The summed E-state index contributed by atoms with van der Waals surface area (Å²) in [6.07, 6.45) is -0.513. The number of para-hydroxylation sites is 1. The molecule has 2 aliphatic heterocycles. The number of benzene rings is 1. The number of cyclic esters (lactones) is 1. The fourth-order valence-corrected chi connectivity index (χ4v) is 3.89. The molecule has 10 nitrogen and oxygen atoms in total. The Morgan fingerprint density at radius 3 is 2.19 bits per heavy atom. The number of nitrogens with two attached hydrogens (primary N) is 1. The van der Waals surface area contributed by atoms with Crippen molar-refractivity contribution in [2.45, 2.75) is 32.6 Å². The van der Waals surface area contributed by atoms with Crippen molar-refractivity contribution >= 4 is 29.6 Å². The normalized spacial score (nSPS) is 19.3. The topological polar surface area (TPSA) is 143 Å². The summed E-state index contributed by atoms with van der Waals surface area (Å²) in [5.41, 5.74) is 4.09. The molecule has 0 radical (unpaired) electrons. The molecule has 0 fully saturated rings. The Morgan fingerprint density at radius 2 is 1.56 bits per heavy atom. The lowest BCUT2D eigenvalue weighted by atomic mass is 9.66. The number of nitrogens with one attached hydrogen (secondary N) is 1. The fourth-order valence-electron chi connectivity index (χ4n) is 3.89. The second-order valence-corrected chi connectivity index (χ2v) is 6.82. The minimum atomic E-state index is -2.08. The molecule has 0 bridgehead atoms. The van der Waals surface area contributed by atoms with E-state index in [0.717, 1.165) is 0 Å². The molecule has 32 heavy (non-hydrogen) atoms. The van der Waals surface area contributed by atoms with Crippen LogP contribution in [0.2, 0.25) is 0 Å². The van der Waals surface area contributed by atoms with Crippen molar-refractivity contribution < 1.29 is 38.1 Å². The highest BCUT2D eigenvalue weighted by Crippen LogP contribution is 2.53. The first-order valence-corrected chi connectivity index (χ1v) is 10.1. The van der Waals surface area contributed by atoms with Crippen LogP contribution >= 0.6 is 0 Å². The van der Waals surface area contributed by atoms with Gasteiger partial charge >= 0.3 is 23.9 Å². The number of carbonyl (C=O) groups is 4. The lowest BCUT2D eigenvalue weighted by Gasteiger charge is -2.35. The molecule has 2 aliphatic rings. The van der Waals surface area contributed by atoms with E-state index < -0.39 is 35.7 Å². The highest BCUT2D eigenvalue weighted by Gasteiger charge is 2.63. The van der Waals surface area contributed by atoms with Gasteiger partial charge in [0.2, 0.25) is 0 Å². The Bertz CT molecular complexity index is 1040. The van der Waals surface area contributed by atoms with Crippen molar-refractivity contribution in [2.24, 2.45) is 5.73 Å². The highest BCUT2D eigenvalue weighted by atomic mass is 16.6. The van der Waals surface area contributed by atoms with Crippen LogP contribution in [0.1, 0.15) is 32.8 Å². The number of hydrogen-bond donors (Lipinski definition) is 2. The fraction of sp³-hybridized carbons (Fsp3) is 0.364. The molecule has 1 spiro atoms. The Kier molecular flexibility index (Phi) is 6.52. The molecular weight excluding hydrogens is 420 g/mol. The third kappa shape index (κ3) is 3.57. The van der Waals surface area contributed by atoms with Crippen molar-refractivity contribution in [3.63, 3.8) is 0 Å². The van der Waals surface area contributed by atoms with E-state index in [4.69, 9.17) is 24.7 Å². The summed E-state index contributed by atoms with van der Waals surface area (Å²) in [4.78, 5) is 51.9. The second-order valence-electron chi connectivity index (χ2n) is 6.82. The SMILES string of the molecule is CCOC(=O)CC1=C(C(=O)OCC)[C@@]2(C(=O)O1)C(C(=O)OCC)=C(N)Nc1ccccc12. The maximum absolute atomic E-state index is 13.5. The van der Waals surface area contributed by atoms with Gasteiger partial charge in [-0.25, -0.2) is 14.4 Å². The zero-order chi connectivity index (χ0) is 23.5. The number of anilines is 1. The van der Waals surface area contributed by atoms with E-state index in [1.165, 1.54) is 0 Å². The number of fused-ring (bicyclic) bond motifs is 2. The minimum absolute atomic E-state index is 0.00345. The van der Waals surface area contributed by atoms with Gasteiger partial charge in [0.15, 0.2) is 5.41 Å². The smallest absolute Gasteiger partial charge is 0.339 e. The van der Waals surface area contributed by atoms with Gasteiger partial charge in [0.05, 0.1) is 19.8 Å². The van der Waals surface area contributed by atoms with E-state index >= 15 is 0 Å². The molecule has 2 heterocycles. The molecule has 0 unspecified atom stereocenters. The molecular formula is C22H24N2O8. The first-order valence-electron chi connectivity index (χ1n) is 10.1. The first kappa shape index (κ1) is 22.9. The standard InChI is InChI=1S/C22H24N2O8/c1-4-29-15(25)11-14-16(19(26)30-5-2)22(21(28)32-14)12-9-7-8-10-13(12)24-18(23)17(22)20(27)31-6-3/h7-10,24H,4-6,11,23H2,1-3H3/t22-/m1/s1. The van der Waals surface area contributed by atoms with E-state index in [1.54, 1.807) is 45.0 Å². The molecule has 10 heteroatoms. The highest BCUT2D eigenvalue weighted by molar-refractivity contribution is 6.16. The van der Waals surface area contributed by atoms with Gasteiger partial charge < -0.3 is 30.0 Å². The van der Waals surface area contributed by atoms with Crippen LogP contribution in [0.4, 0.5) is 5.69 Å². The third-order valence-electron chi connectivity index (χ3n) is 4.99. The molecule has 1 aromatic carbocycles. The van der Waals surface area contributed by atoms with E-state index in [9.17, 15) is 19.2 Å². The molecule has 0 aliphatic carbocycles. The monoisotopic (exact) mass is 444 g/mol. The molecule has 3 rings (SSSR count). The third-order valence-corrected chi connectivity index (χ3v) is 4.99. The number of rotatable bonds is 7. The van der Waals surface area contributed by atoms with E-state index in [0.29, 0.717) is 5.69 Å². The lowest BCUT2D eigenvalue weighted by molar-refractivity contribution is -0.148. The van der Waals surface area contributed by atoms with E-state index in [2.05, 4.69) is 5.32 Å². The molecule has 0 saturated heterocycles. The lowest BCUT2D eigenvalue weighted by Crippen LogP contribution is -2.47. The zero-order valence-electron chi connectivity index (χ0n) is 18.0. The van der Waals surface area contributed by atoms with Crippen molar-refractivity contribution in [1.29, 1.82) is 0 Å². The zero-order valence-corrected chi connectivity index (χ0v) is 18.0. The molecule has 1 aromatic rings. The summed E-state index contributed by atoms with van der Waals surface area (Å²) in [5.74, 6) is -3.98. The Balaban J connectivity index is 2.36. The van der Waals surface area contributed by atoms with Gasteiger partial charge in [-0.3, -0.25) is 4.79 Å². The van der Waals surface area contributed by atoms with Gasteiger partial charge in [0.1, 0.15) is 29.1 Å². The average molecular weight is 444 g/mol. The first-order chi connectivity index (χ1) is 15.3. The van der Waals surface area contributed by atoms with Crippen molar-refractivity contribution in [2.75, 3.05) is 25.1 Å². The summed E-state index contributed by atoms with van der Waals surface area (Å²) in [7, 11) is 0. The van der Waals surface area contributed by atoms with Crippen LogP contribution in [0.3, 0.4) is 0 Å². The number of ether oxygens (including phenoxy) is 4. The van der Waals surface area contributed by atoms with Crippen LogP contribution in [0.5, 0.6) is 0 Å². The quantitative estimate of drug-likeness (QED) is 0.468. The summed E-state index contributed by atoms with van der Waals surface area (Å²) in [5, 5.41) is 2.87. The van der Waals surface area contributed by atoms with Crippen molar-refractivity contribution in [3.05, 3.63) is 52.6 Å². The van der Waals surface area contributed by atoms with E-state index in [1.807, 2.05) is 0 Å². The maximum Gasteiger partial charge on any atom is 0.339 e. The molecule has 1 atom stereocenters. The largest absolute Gasteiger partial charge is 0.466 e. The van der Waals surface area contributed by atoms with Crippen LogP contribution < -0.4 is 11.1 Å². The summed E-state index contributed by atoms with van der Waals surface area (Å²) in [6, 6.07) is 6.51. The summed E-state index contributed by atoms with van der Waals surface area (Å²) >= 11 is 0. The molecule has 0 amide bonds. The molecule has 0 saturated carbocycles. The number of hydrogen-bond acceptors (Lipinski definition) is 10. The van der Waals surface area contributed by atoms with Gasteiger partial charge in [0.25, 0.3) is 0 Å².